The molecule has 0 radical (unpaired) electrons. The number of benzene rings is 2. The highest BCUT2D eigenvalue weighted by Crippen LogP contribution is 2.26. The van der Waals surface area contributed by atoms with Crippen LogP contribution < -0.4 is 20.3 Å². The standard InChI is InChI=1S/C21H20N4O6S2/c1-22-18(26)13-8-4-6-10-15(13)25(2)21(28)31-16-11-7-5-9-14(16)19(27)24-20-23-12-17(32-20)33(3,29)30/h4-12H,1-3H3,(H,22,26)(H,23,24,27). The summed E-state index contributed by atoms with van der Waals surface area (Å²) in [4.78, 5) is 42.7. The number of para-hydroxylation sites is 2. The van der Waals surface area contributed by atoms with E-state index in [1.807, 2.05) is 0 Å². The third-order valence-corrected chi connectivity index (χ3v) is 7.11. The molecule has 0 aliphatic heterocycles. The molecule has 1 aromatic heterocycles. The highest BCUT2D eigenvalue weighted by molar-refractivity contribution is 7.92. The van der Waals surface area contributed by atoms with Crippen molar-refractivity contribution in [1.29, 1.82) is 0 Å². The van der Waals surface area contributed by atoms with Gasteiger partial charge in [-0.15, -0.1) is 0 Å². The van der Waals surface area contributed by atoms with Crippen LogP contribution in [-0.4, -0.2) is 51.7 Å². The molecule has 33 heavy (non-hydrogen) atoms. The first kappa shape index (κ1) is 23.9. The maximum atomic E-state index is 12.8. The molecule has 3 rings (SSSR count). The molecule has 0 saturated heterocycles. The molecule has 0 spiro atoms. The van der Waals surface area contributed by atoms with Crippen molar-refractivity contribution in [3.05, 3.63) is 65.9 Å². The maximum absolute atomic E-state index is 12.8. The lowest BCUT2D eigenvalue weighted by molar-refractivity contribution is 0.0962. The lowest BCUT2D eigenvalue weighted by Crippen LogP contribution is -2.32. The number of anilines is 2. The van der Waals surface area contributed by atoms with Crippen molar-refractivity contribution in [2.45, 2.75) is 4.21 Å². The third-order valence-electron chi connectivity index (χ3n) is 4.41. The topological polar surface area (TPSA) is 135 Å². The average molecular weight is 489 g/mol. The van der Waals surface area contributed by atoms with Gasteiger partial charge in [0.15, 0.2) is 15.0 Å². The first-order valence-corrected chi connectivity index (χ1v) is 12.2. The summed E-state index contributed by atoms with van der Waals surface area (Å²) in [6, 6.07) is 12.6. The van der Waals surface area contributed by atoms with Gasteiger partial charge in [0.25, 0.3) is 11.8 Å². The van der Waals surface area contributed by atoms with Crippen LogP contribution >= 0.6 is 11.3 Å². The molecule has 0 aliphatic carbocycles. The Hall–Kier alpha value is -3.77. The van der Waals surface area contributed by atoms with Gasteiger partial charge < -0.3 is 10.1 Å². The Labute approximate surface area is 194 Å². The molecule has 0 atom stereocenters. The number of aromatic nitrogens is 1. The van der Waals surface area contributed by atoms with Gasteiger partial charge >= 0.3 is 6.09 Å². The lowest BCUT2D eigenvalue weighted by atomic mass is 10.1. The molecule has 10 nitrogen and oxygen atoms in total. The summed E-state index contributed by atoms with van der Waals surface area (Å²) < 4.78 is 28.7. The van der Waals surface area contributed by atoms with Gasteiger partial charge in [0.1, 0.15) is 9.96 Å². The highest BCUT2D eigenvalue weighted by Gasteiger charge is 2.22. The van der Waals surface area contributed by atoms with Crippen molar-refractivity contribution in [2.75, 3.05) is 30.6 Å². The molecule has 0 unspecified atom stereocenters. The van der Waals surface area contributed by atoms with Crippen molar-refractivity contribution in [1.82, 2.24) is 10.3 Å². The average Bonchev–Trinajstić information content (AvgIpc) is 3.27. The Kier molecular flexibility index (Phi) is 7.09. The predicted molar refractivity (Wildman–Crippen MR) is 124 cm³/mol. The predicted octanol–water partition coefficient (Wildman–Crippen LogP) is 2.79. The summed E-state index contributed by atoms with van der Waals surface area (Å²) >= 11 is 0.806. The van der Waals surface area contributed by atoms with Gasteiger partial charge in [0, 0.05) is 20.4 Å². The zero-order valence-corrected chi connectivity index (χ0v) is 19.5. The second-order valence-electron chi connectivity index (χ2n) is 6.73. The molecule has 172 valence electrons. The monoisotopic (exact) mass is 488 g/mol. The van der Waals surface area contributed by atoms with E-state index in [2.05, 4.69) is 15.6 Å². The van der Waals surface area contributed by atoms with Crippen LogP contribution in [0, 0.1) is 0 Å². The minimum atomic E-state index is -3.45. The molecule has 3 aromatic rings. The number of ether oxygens (including phenoxy) is 1. The van der Waals surface area contributed by atoms with Crippen LogP contribution in [0.3, 0.4) is 0 Å². The number of sulfone groups is 1. The number of thiazole rings is 1. The number of hydrogen-bond acceptors (Lipinski definition) is 8. The van der Waals surface area contributed by atoms with Gasteiger partial charge in [0.05, 0.1) is 23.0 Å². The zero-order valence-electron chi connectivity index (χ0n) is 17.9. The highest BCUT2D eigenvalue weighted by atomic mass is 32.2. The van der Waals surface area contributed by atoms with E-state index < -0.39 is 21.8 Å². The van der Waals surface area contributed by atoms with Gasteiger partial charge in [-0.1, -0.05) is 35.6 Å². The maximum Gasteiger partial charge on any atom is 0.419 e. The molecule has 0 saturated carbocycles. The largest absolute Gasteiger partial charge is 0.419 e. The van der Waals surface area contributed by atoms with Crippen LogP contribution in [-0.2, 0) is 9.84 Å². The minimum absolute atomic E-state index is 0.00826. The fourth-order valence-electron chi connectivity index (χ4n) is 2.75. The van der Waals surface area contributed by atoms with E-state index in [0.717, 1.165) is 28.7 Å². The number of carbonyl (C=O) groups excluding carboxylic acids is 3. The number of amides is 3. The fraction of sp³-hybridized carbons (Fsp3) is 0.143. The Morgan fingerprint density at radius 2 is 1.64 bits per heavy atom. The molecular formula is C21H20N4O6S2. The van der Waals surface area contributed by atoms with E-state index in [9.17, 15) is 22.8 Å². The number of nitrogens with zero attached hydrogens (tertiary/aromatic N) is 2. The van der Waals surface area contributed by atoms with Crippen molar-refractivity contribution in [3.63, 3.8) is 0 Å². The molecule has 3 amide bonds. The zero-order chi connectivity index (χ0) is 24.2. The van der Waals surface area contributed by atoms with E-state index in [4.69, 9.17) is 4.74 Å². The van der Waals surface area contributed by atoms with Crippen LogP contribution in [0.2, 0.25) is 0 Å². The summed E-state index contributed by atoms with van der Waals surface area (Å²) in [5, 5.41) is 5.09. The normalized spacial score (nSPS) is 10.9. The second kappa shape index (κ2) is 9.79. The quantitative estimate of drug-likeness (QED) is 0.545. The molecule has 12 heteroatoms. The molecular weight excluding hydrogens is 468 g/mol. The van der Waals surface area contributed by atoms with Crippen molar-refractivity contribution in [3.8, 4) is 5.75 Å². The first-order valence-electron chi connectivity index (χ1n) is 9.44. The number of rotatable bonds is 6. The fourth-order valence-corrected chi connectivity index (χ4v) is 4.38. The molecule has 2 aromatic carbocycles. The summed E-state index contributed by atoms with van der Waals surface area (Å²) in [7, 11) is -0.533. The smallest absolute Gasteiger partial charge is 0.409 e. The molecule has 0 aliphatic rings. The van der Waals surface area contributed by atoms with E-state index >= 15 is 0 Å². The van der Waals surface area contributed by atoms with Gasteiger partial charge in [0.2, 0.25) is 0 Å². The van der Waals surface area contributed by atoms with Crippen molar-refractivity contribution < 1.29 is 27.5 Å². The van der Waals surface area contributed by atoms with Crippen molar-refractivity contribution >= 4 is 49.9 Å². The van der Waals surface area contributed by atoms with Gasteiger partial charge in [-0.25, -0.2) is 18.2 Å². The van der Waals surface area contributed by atoms with E-state index in [1.165, 1.54) is 26.2 Å². The number of hydrogen-bond donors (Lipinski definition) is 2. The van der Waals surface area contributed by atoms with Gasteiger partial charge in [-0.2, -0.15) is 0 Å². The Bertz CT molecular complexity index is 1320. The molecule has 2 N–H and O–H groups in total. The summed E-state index contributed by atoms with van der Waals surface area (Å²) in [6.45, 7) is 0. The van der Waals surface area contributed by atoms with Gasteiger partial charge in [-0.3, -0.25) is 19.8 Å². The van der Waals surface area contributed by atoms with E-state index in [-0.39, 0.29) is 32.1 Å². The molecule has 1 heterocycles. The van der Waals surface area contributed by atoms with Crippen LogP contribution in [0.25, 0.3) is 0 Å². The lowest BCUT2D eigenvalue weighted by Gasteiger charge is -2.20. The summed E-state index contributed by atoms with van der Waals surface area (Å²) in [5.41, 5.74) is 0.630. The van der Waals surface area contributed by atoms with E-state index in [0.29, 0.717) is 5.69 Å². The van der Waals surface area contributed by atoms with Gasteiger partial charge in [-0.05, 0) is 24.3 Å². The molecule has 0 fully saturated rings. The summed E-state index contributed by atoms with van der Waals surface area (Å²) in [5.74, 6) is -1.03. The second-order valence-corrected chi connectivity index (χ2v) is 10.0. The Morgan fingerprint density at radius 3 is 2.27 bits per heavy atom. The minimum Gasteiger partial charge on any atom is -0.409 e. The Morgan fingerprint density at radius 1 is 1.00 bits per heavy atom. The van der Waals surface area contributed by atoms with Crippen molar-refractivity contribution in [2.24, 2.45) is 0 Å². The van der Waals surface area contributed by atoms with Crippen LogP contribution in [0.1, 0.15) is 20.7 Å². The van der Waals surface area contributed by atoms with Crippen LogP contribution in [0.15, 0.2) is 58.9 Å². The van der Waals surface area contributed by atoms with E-state index in [1.54, 1.807) is 36.4 Å². The Balaban J connectivity index is 1.81. The number of nitrogens with one attached hydrogen (secondary N) is 2. The van der Waals surface area contributed by atoms with Crippen LogP contribution in [0.5, 0.6) is 5.75 Å². The summed E-state index contributed by atoms with van der Waals surface area (Å²) in [6.07, 6.45) is 1.38. The SMILES string of the molecule is CNC(=O)c1ccccc1N(C)C(=O)Oc1ccccc1C(=O)Nc1ncc(S(C)(=O)=O)s1. The third kappa shape index (κ3) is 5.54. The molecule has 0 bridgehead atoms. The van der Waals surface area contributed by atoms with Crippen LogP contribution in [0.4, 0.5) is 15.6 Å². The number of carbonyl (C=O) groups is 3. The first-order chi connectivity index (χ1) is 15.6.